The van der Waals surface area contributed by atoms with Crippen molar-refractivity contribution < 1.29 is 36.8 Å². The van der Waals surface area contributed by atoms with Crippen molar-refractivity contribution in [2.24, 2.45) is 0 Å². The molecule has 1 N–H and O–H groups in total. The number of rotatable bonds is 8. The number of ether oxygens (including phenoxy) is 2. The minimum Gasteiger partial charge on any atom is -0.493 e. The molecule has 13 heteroatoms. The van der Waals surface area contributed by atoms with Crippen molar-refractivity contribution in [3.8, 4) is 11.5 Å². The van der Waals surface area contributed by atoms with Gasteiger partial charge in [-0.2, -0.15) is 18.2 Å². The van der Waals surface area contributed by atoms with Crippen LogP contribution >= 0.6 is 11.6 Å². The van der Waals surface area contributed by atoms with Crippen LogP contribution in [0.25, 0.3) is 0 Å². The van der Waals surface area contributed by atoms with E-state index in [4.69, 9.17) is 25.6 Å². The number of alkyl halides is 3. The fraction of sp³-hybridized carbons (Fsp3) is 0.276. The number of amides is 1. The van der Waals surface area contributed by atoms with Gasteiger partial charge in [-0.05, 0) is 42.3 Å². The number of hydrogen-bond acceptors (Lipinski definition) is 8. The third kappa shape index (κ3) is 5.94. The lowest BCUT2D eigenvalue weighted by Gasteiger charge is -2.14. The predicted octanol–water partition coefficient (Wildman–Crippen LogP) is 6.23. The number of benzene rings is 2. The van der Waals surface area contributed by atoms with Gasteiger partial charge < -0.3 is 19.3 Å². The summed E-state index contributed by atoms with van der Waals surface area (Å²) in [5.41, 5.74) is 0.694. The number of pyridine rings is 1. The fourth-order valence-corrected chi connectivity index (χ4v) is 5.04. The quantitative estimate of drug-likeness (QED) is 0.237. The molecule has 4 atom stereocenters. The first-order chi connectivity index (χ1) is 20.0. The number of esters is 1. The summed E-state index contributed by atoms with van der Waals surface area (Å²) < 4.78 is 55.4. The Bertz CT molecular complexity index is 1610. The molecule has 1 fully saturated rings. The molecule has 0 radical (unpaired) electrons. The number of carbonyl (C=O) groups is 2. The Labute approximate surface area is 243 Å². The van der Waals surface area contributed by atoms with Crippen molar-refractivity contribution in [2.75, 3.05) is 7.11 Å². The Morgan fingerprint density at radius 2 is 1.62 bits per heavy atom. The van der Waals surface area contributed by atoms with Crippen molar-refractivity contribution in [1.82, 2.24) is 20.4 Å². The van der Waals surface area contributed by atoms with E-state index in [0.29, 0.717) is 10.6 Å². The zero-order chi connectivity index (χ0) is 30.2. The second-order valence-corrected chi connectivity index (χ2v) is 10.2. The van der Waals surface area contributed by atoms with E-state index < -0.39 is 29.7 Å². The average Bonchev–Trinajstić information content (AvgIpc) is 3.49. The largest absolute Gasteiger partial charge is 0.493 e. The third-order valence-electron chi connectivity index (χ3n) is 6.92. The maximum Gasteiger partial charge on any atom is 0.416 e. The van der Waals surface area contributed by atoms with Crippen molar-refractivity contribution in [3.05, 3.63) is 99.9 Å². The summed E-state index contributed by atoms with van der Waals surface area (Å²) in [6, 6.07) is 12.9. The van der Waals surface area contributed by atoms with Crippen molar-refractivity contribution in [2.45, 2.75) is 43.8 Å². The first-order valence-electron chi connectivity index (χ1n) is 12.8. The van der Waals surface area contributed by atoms with Crippen LogP contribution < -0.4 is 14.8 Å². The maximum absolute atomic E-state index is 13.1. The molecule has 9 nitrogen and oxygen atoms in total. The van der Waals surface area contributed by atoms with Gasteiger partial charge in [0, 0.05) is 36.0 Å². The molecule has 1 saturated carbocycles. The zero-order valence-electron chi connectivity index (χ0n) is 22.5. The highest BCUT2D eigenvalue weighted by atomic mass is 35.5. The molecule has 1 amide bonds. The van der Waals surface area contributed by atoms with Gasteiger partial charge in [0.15, 0.2) is 17.3 Å². The molecule has 0 saturated heterocycles. The van der Waals surface area contributed by atoms with Crippen molar-refractivity contribution in [3.63, 3.8) is 0 Å². The summed E-state index contributed by atoms with van der Waals surface area (Å²) in [6.45, 7) is 2.82. The second-order valence-electron chi connectivity index (χ2n) is 9.72. The average molecular weight is 601 g/mol. The molecular formula is C29H24ClF3N4O5. The van der Waals surface area contributed by atoms with Crippen LogP contribution in [0.2, 0.25) is 5.02 Å². The van der Waals surface area contributed by atoms with Gasteiger partial charge in [0.1, 0.15) is 0 Å². The molecule has 0 bridgehead atoms. The topological polar surface area (TPSA) is 116 Å². The normalized spacial score (nSPS) is 18.7. The highest BCUT2D eigenvalue weighted by Crippen LogP contribution is 2.66. The summed E-state index contributed by atoms with van der Waals surface area (Å²) in [6.07, 6.45) is -3.11. The Morgan fingerprint density at radius 3 is 2.19 bits per heavy atom. The third-order valence-corrected chi connectivity index (χ3v) is 7.18. The molecule has 2 aromatic carbocycles. The molecule has 1 aliphatic carbocycles. The molecule has 1 aliphatic rings. The van der Waals surface area contributed by atoms with Crippen molar-refractivity contribution >= 4 is 23.5 Å². The molecular weight excluding hydrogens is 577 g/mol. The van der Waals surface area contributed by atoms with Gasteiger partial charge in [-0.1, -0.05) is 41.0 Å². The number of halogens is 4. The van der Waals surface area contributed by atoms with E-state index in [9.17, 15) is 22.8 Å². The number of carbonyl (C=O) groups excluding carboxylic acids is 2. The summed E-state index contributed by atoms with van der Waals surface area (Å²) >= 11 is 6.06. The molecule has 5 rings (SSSR count). The van der Waals surface area contributed by atoms with Gasteiger partial charge in [0.05, 0.1) is 24.6 Å². The number of methoxy groups -OCH3 is 1. The van der Waals surface area contributed by atoms with E-state index in [1.54, 1.807) is 19.1 Å². The Hall–Kier alpha value is -4.45. The molecule has 0 aliphatic heterocycles. The number of hydrogen-bond donors (Lipinski definition) is 1. The molecule has 3 unspecified atom stereocenters. The van der Waals surface area contributed by atoms with Gasteiger partial charge in [-0.3, -0.25) is 9.59 Å². The van der Waals surface area contributed by atoms with Gasteiger partial charge in [-0.25, -0.2) is 4.98 Å². The van der Waals surface area contributed by atoms with Gasteiger partial charge in [0.2, 0.25) is 11.6 Å². The lowest BCUT2D eigenvalue weighted by molar-refractivity contribution is -0.137. The summed E-state index contributed by atoms with van der Waals surface area (Å²) in [7, 11) is 1.36. The first kappa shape index (κ1) is 29.1. The molecule has 42 heavy (non-hydrogen) atoms. The Morgan fingerprint density at radius 1 is 1.00 bits per heavy atom. The zero-order valence-corrected chi connectivity index (χ0v) is 23.2. The monoisotopic (exact) mass is 600 g/mol. The van der Waals surface area contributed by atoms with Crippen LogP contribution in [-0.4, -0.2) is 34.1 Å². The summed E-state index contributed by atoms with van der Waals surface area (Å²) in [5.74, 6) is -1.55. The summed E-state index contributed by atoms with van der Waals surface area (Å²) in [4.78, 5) is 33.2. The van der Waals surface area contributed by atoms with Crippen LogP contribution in [0.1, 0.15) is 76.5 Å². The SMILES string of the molecule is COc1ccnc(C(=O)N[C@@H](C)c2noc(C3C(c4ccc(Cl)cc4)C3c3ccc(C(F)(F)F)cc3)n2)c1OC(C)=O. The molecule has 0 spiro atoms. The first-order valence-corrected chi connectivity index (χ1v) is 13.1. The summed E-state index contributed by atoms with van der Waals surface area (Å²) in [5, 5.41) is 7.30. The van der Waals surface area contributed by atoms with Crippen LogP contribution in [0.4, 0.5) is 13.2 Å². The highest BCUT2D eigenvalue weighted by molar-refractivity contribution is 6.30. The standard InChI is InChI=1S/C29H24ClF3N4O5/c1-14(35-27(39)24-25(41-15(2)38)20(40-3)12-13-34-24)26-36-28(42-37-26)23-21(22(23)17-6-10-19(30)11-7-17)16-4-8-18(9-5-16)29(31,32)33/h4-14,21-23H,1-3H3,(H,35,39)/t14-,21?,22?,23?/m0/s1. The predicted molar refractivity (Wildman–Crippen MR) is 143 cm³/mol. The van der Waals surface area contributed by atoms with E-state index >= 15 is 0 Å². The van der Waals surface area contributed by atoms with Crippen LogP contribution in [-0.2, 0) is 11.0 Å². The minimum absolute atomic E-state index is 0.130. The van der Waals surface area contributed by atoms with E-state index in [1.165, 1.54) is 38.4 Å². The Kier molecular flexibility index (Phi) is 7.91. The number of aromatic nitrogens is 3. The van der Waals surface area contributed by atoms with E-state index in [0.717, 1.165) is 17.7 Å². The van der Waals surface area contributed by atoms with Crippen LogP contribution in [0.3, 0.4) is 0 Å². The van der Waals surface area contributed by atoms with Crippen LogP contribution in [0.15, 0.2) is 65.3 Å². The highest BCUT2D eigenvalue weighted by Gasteiger charge is 2.56. The minimum atomic E-state index is -4.45. The van der Waals surface area contributed by atoms with Gasteiger partial charge in [0.25, 0.3) is 5.91 Å². The van der Waals surface area contributed by atoms with E-state index in [2.05, 4.69) is 20.4 Å². The second kappa shape index (κ2) is 11.4. The smallest absolute Gasteiger partial charge is 0.416 e. The maximum atomic E-state index is 13.1. The lowest BCUT2D eigenvalue weighted by atomic mass is 10.0. The van der Waals surface area contributed by atoms with Crippen LogP contribution in [0.5, 0.6) is 11.5 Å². The number of nitrogens with one attached hydrogen (secondary N) is 1. The van der Waals surface area contributed by atoms with Gasteiger partial charge in [-0.15, -0.1) is 0 Å². The van der Waals surface area contributed by atoms with E-state index in [1.807, 2.05) is 12.1 Å². The fourth-order valence-electron chi connectivity index (χ4n) is 4.91. The molecule has 4 aromatic rings. The Balaban J connectivity index is 1.38. The lowest BCUT2D eigenvalue weighted by Crippen LogP contribution is -2.29. The molecule has 218 valence electrons. The van der Waals surface area contributed by atoms with Crippen molar-refractivity contribution in [1.29, 1.82) is 0 Å². The van der Waals surface area contributed by atoms with E-state index in [-0.39, 0.29) is 46.7 Å². The van der Waals surface area contributed by atoms with Gasteiger partial charge >= 0.3 is 12.1 Å². The molecule has 2 heterocycles. The van der Waals surface area contributed by atoms with Crippen LogP contribution in [0, 0.1) is 0 Å². The molecule has 2 aromatic heterocycles. The number of nitrogens with zero attached hydrogens (tertiary/aromatic N) is 3.